The molecule has 0 saturated carbocycles. The number of nitrogens with zero attached hydrogens (tertiary/aromatic N) is 1. The lowest BCUT2D eigenvalue weighted by molar-refractivity contribution is -0.129. The van der Waals surface area contributed by atoms with E-state index in [0.29, 0.717) is 16.7 Å². The van der Waals surface area contributed by atoms with E-state index in [9.17, 15) is 14.7 Å². The Kier molecular flexibility index (Phi) is 6.89. The third kappa shape index (κ3) is 5.60. The number of hydrogen-bond donors (Lipinski definition) is 2. The molecule has 0 radical (unpaired) electrons. The average molecular weight is 453 g/mol. The number of benzene rings is 3. The van der Waals surface area contributed by atoms with Gasteiger partial charge in [0.25, 0.3) is 5.91 Å². The molecular weight excluding hydrogens is 436 g/mol. The smallest absolute Gasteiger partial charge is 0.343 e. The van der Waals surface area contributed by atoms with Crippen LogP contribution in [0.4, 0.5) is 0 Å². The molecule has 0 aliphatic rings. The van der Waals surface area contributed by atoms with Gasteiger partial charge in [0.2, 0.25) is 0 Å². The Morgan fingerprint density at radius 1 is 1.00 bits per heavy atom. The highest BCUT2D eigenvalue weighted by Crippen LogP contribution is 2.23. The van der Waals surface area contributed by atoms with Crippen molar-refractivity contribution in [1.82, 2.24) is 5.43 Å². The summed E-state index contributed by atoms with van der Waals surface area (Å²) in [5.41, 5.74) is 3.63. The van der Waals surface area contributed by atoms with Crippen molar-refractivity contribution < 1.29 is 19.4 Å². The largest absolute Gasteiger partial charge is 0.422 e. The predicted octanol–water partition coefficient (Wildman–Crippen LogP) is 3.85. The molecule has 0 spiro atoms. The Hall–Kier alpha value is -3.29. The van der Waals surface area contributed by atoms with Crippen molar-refractivity contribution in [2.45, 2.75) is 6.10 Å². The Balaban J connectivity index is 1.71. The van der Waals surface area contributed by atoms with E-state index in [4.69, 9.17) is 4.74 Å². The summed E-state index contributed by atoms with van der Waals surface area (Å²) in [5.74, 6) is -0.903. The molecule has 29 heavy (non-hydrogen) atoms. The highest BCUT2D eigenvalue weighted by atomic mass is 79.9. The van der Waals surface area contributed by atoms with Crippen LogP contribution in [-0.2, 0) is 4.79 Å². The Labute approximate surface area is 176 Å². The molecule has 6 nitrogen and oxygen atoms in total. The van der Waals surface area contributed by atoms with Crippen LogP contribution < -0.4 is 10.2 Å². The third-order valence-electron chi connectivity index (χ3n) is 3.93. The summed E-state index contributed by atoms with van der Waals surface area (Å²) < 4.78 is 6.19. The second-order valence-electron chi connectivity index (χ2n) is 5.99. The monoisotopic (exact) mass is 452 g/mol. The van der Waals surface area contributed by atoms with Crippen molar-refractivity contribution in [2.24, 2.45) is 5.10 Å². The zero-order valence-corrected chi connectivity index (χ0v) is 16.7. The number of nitrogens with one attached hydrogen (secondary N) is 1. The molecule has 3 rings (SSSR count). The Bertz CT molecular complexity index is 1020. The predicted molar refractivity (Wildman–Crippen MR) is 113 cm³/mol. The van der Waals surface area contributed by atoms with Crippen LogP contribution in [0.2, 0.25) is 0 Å². The number of halogens is 1. The van der Waals surface area contributed by atoms with Crippen LogP contribution in [0.15, 0.2) is 88.4 Å². The van der Waals surface area contributed by atoms with Gasteiger partial charge in [-0.2, -0.15) is 5.10 Å². The number of esters is 1. The van der Waals surface area contributed by atoms with Crippen molar-refractivity contribution in [2.75, 3.05) is 0 Å². The second kappa shape index (κ2) is 9.77. The number of hydrazone groups is 1. The average Bonchev–Trinajstić information content (AvgIpc) is 2.76. The molecule has 0 fully saturated rings. The first-order valence-corrected chi connectivity index (χ1v) is 9.46. The second-order valence-corrected chi connectivity index (χ2v) is 6.90. The van der Waals surface area contributed by atoms with Crippen molar-refractivity contribution in [3.05, 3.63) is 100 Å². The molecule has 2 N–H and O–H groups in total. The summed E-state index contributed by atoms with van der Waals surface area (Å²) in [4.78, 5) is 24.4. The van der Waals surface area contributed by atoms with Gasteiger partial charge in [0.15, 0.2) is 6.10 Å². The first-order chi connectivity index (χ1) is 14.0. The van der Waals surface area contributed by atoms with Crippen LogP contribution in [0.1, 0.15) is 27.6 Å². The molecular formula is C22H17BrN2O4. The minimum absolute atomic E-state index is 0.281. The molecule has 0 aliphatic carbocycles. The van der Waals surface area contributed by atoms with Gasteiger partial charge in [-0.25, -0.2) is 10.2 Å². The van der Waals surface area contributed by atoms with Gasteiger partial charge in [0.1, 0.15) is 5.75 Å². The van der Waals surface area contributed by atoms with Gasteiger partial charge in [0, 0.05) is 10.0 Å². The molecule has 3 aromatic carbocycles. The van der Waals surface area contributed by atoms with E-state index in [0.717, 1.165) is 4.47 Å². The van der Waals surface area contributed by atoms with Crippen LogP contribution in [0, 0.1) is 0 Å². The van der Waals surface area contributed by atoms with E-state index in [-0.39, 0.29) is 5.75 Å². The Morgan fingerprint density at radius 2 is 1.66 bits per heavy atom. The fourth-order valence-electron chi connectivity index (χ4n) is 2.46. The molecule has 146 valence electrons. The van der Waals surface area contributed by atoms with E-state index in [1.54, 1.807) is 78.9 Å². The minimum Gasteiger partial charge on any atom is -0.422 e. The third-order valence-corrected chi connectivity index (χ3v) is 4.42. The van der Waals surface area contributed by atoms with Gasteiger partial charge in [-0.1, -0.05) is 64.5 Å². The van der Waals surface area contributed by atoms with Gasteiger partial charge in [-0.05, 0) is 35.9 Å². The van der Waals surface area contributed by atoms with E-state index < -0.39 is 18.0 Å². The number of ether oxygens (including phenoxy) is 1. The highest BCUT2D eigenvalue weighted by molar-refractivity contribution is 9.10. The fourth-order valence-corrected chi connectivity index (χ4v) is 2.84. The normalized spacial score (nSPS) is 11.8. The fraction of sp³-hybridized carbons (Fsp3) is 0.0455. The molecule has 0 bridgehead atoms. The zero-order chi connectivity index (χ0) is 20.6. The lowest BCUT2D eigenvalue weighted by Crippen LogP contribution is -2.25. The first kappa shape index (κ1) is 20.4. The molecule has 0 aliphatic heterocycles. The highest BCUT2D eigenvalue weighted by Gasteiger charge is 2.16. The SMILES string of the molecule is O=C(Oc1ccc(Br)cc1C=NNC(=O)C(O)c1ccccc1)c1ccccc1. The van der Waals surface area contributed by atoms with Gasteiger partial charge in [-0.15, -0.1) is 0 Å². The summed E-state index contributed by atoms with van der Waals surface area (Å²) in [6.45, 7) is 0. The maximum absolute atomic E-state index is 12.3. The molecule has 1 unspecified atom stereocenters. The van der Waals surface area contributed by atoms with Crippen molar-refractivity contribution in [3.8, 4) is 5.75 Å². The van der Waals surface area contributed by atoms with E-state index >= 15 is 0 Å². The van der Waals surface area contributed by atoms with Crippen LogP contribution in [0.25, 0.3) is 0 Å². The molecule has 0 aromatic heterocycles. The number of aliphatic hydroxyl groups excluding tert-OH is 1. The molecule has 0 heterocycles. The van der Waals surface area contributed by atoms with Crippen LogP contribution >= 0.6 is 15.9 Å². The van der Waals surface area contributed by atoms with Crippen LogP contribution in [0.3, 0.4) is 0 Å². The molecule has 7 heteroatoms. The summed E-state index contributed by atoms with van der Waals surface area (Å²) in [6.07, 6.45) is -0.000196. The van der Waals surface area contributed by atoms with E-state index in [1.807, 2.05) is 0 Å². The van der Waals surface area contributed by atoms with Crippen molar-refractivity contribution in [1.29, 1.82) is 0 Å². The summed E-state index contributed by atoms with van der Waals surface area (Å²) in [6, 6.07) is 22.2. The van der Waals surface area contributed by atoms with E-state index in [2.05, 4.69) is 26.5 Å². The number of aliphatic hydroxyl groups is 1. The molecule has 3 aromatic rings. The first-order valence-electron chi connectivity index (χ1n) is 8.67. The lowest BCUT2D eigenvalue weighted by Gasteiger charge is -2.09. The number of carbonyl (C=O) groups excluding carboxylic acids is 2. The maximum atomic E-state index is 12.3. The van der Waals surface area contributed by atoms with Crippen molar-refractivity contribution >= 4 is 34.0 Å². The van der Waals surface area contributed by atoms with E-state index in [1.165, 1.54) is 6.21 Å². The number of rotatable bonds is 6. The number of amides is 1. The molecule has 1 atom stereocenters. The number of carbonyl (C=O) groups is 2. The summed E-state index contributed by atoms with van der Waals surface area (Å²) >= 11 is 3.35. The van der Waals surface area contributed by atoms with Gasteiger partial charge in [-0.3, -0.25) is 4.79 Å². The quantitative estimate of drug-likeness (QED) is 0.257. The standard InChI is InChI=1S/C22H17BrN2O4/c23-18-11-12-19(29-22(28)16-9-5-2-6-10-16)17(13-18)14-24-25-21(27)20(26)15-7-3-1-4-8-15/h1-14,20,26H,(H,25,27). The lowest BCUT2D eigenvalue weighted by atomic mass is 10.1. The zero-order valence-electron chi connectivity index (χ0n) is 15.2. The van der Waals surface area contributed by atoms with Gasteiger partial charge < -0.3 is 9.84 Å². The maximum Gasteiger partial charge on any atom is 0.343 e. The Morgan fingerprint density at radius 3 is 2.34 bits per heavy atom. The summed E-state index contributed by atoms with van der Waals surface area (Å²) in [7, 11) is 0. The van der Waals surface area contributed by atoms with Crippen LogP contribution in [0.5, 0.6) is 5.75 Å². The summed E-state index contributed by atoms with van der Waals surface area (Å²) in [5, 5.41) is 13.9. The van der Waals surface area contributed by atoms with Gasteiger partial charge >= 0.3 is 5.97 Å². The van der Waals surface area contributed by atoms with Crippen LogP contribution in [-0.4, -0.2) is 23.2 Å². The molecule has 0 saturated heterocycles. The van der Waals surface area contributed by atoms with Gasteiger partial charge in [0.05, 0.1) is 11.8 Å². The topological polar surface area (TPSA) is 88.0 Å². The van der Waals surface area contributed by atoms with Crippen molar-refractivity contribution in [3.63, 3.8) is 0 Å². The minimum atomic E-state index is -1.34. The number of hydrogen-bond acceptors (Lipinski definition) is 5. The molecule has 1 amide bonds.